The predicted molar refractivity (Wildman–Crippen MR) is 96.4 cm³/mol. The van der Waals surface area contributed by atoms with E-state index in [0.717, 1.165) is 30.5 Å². The number of carboxylic acids is 1. The molecule has 0 bridgehead atoms. The molecule has 0 unspecified atom stereocenters. The molecule has 1 aromatic heterocycles. The van der Waals surface area contributed by atoms with Gasteiger partial charge in [0.1, 0.15) is 0 Å². The molecule has 1 N–H and O–H groups in total. The minimum Gasteiger partial charge on any atom is -0.478 e. The third-order valence-corrected chi connectivity index (χ3v) is 4.21. The normalized spacial score (nSPS) is 10.7. The van der Waals surface area contributed by atoms with Crippen molar-refractivity contribution >= 4 is 5.97 Å². The molecule has 0 saturated heterocycles. The Morgan fingerprint density at radius 1 is 1.00 bits per heavy atom. The van der Waals surface area contributed by atoms with Gasteiger partial charge in [-0.2, -0.15) is 0 Å². The summed E-state index contributed by atoms with van der Waals surface area (Å²) >= 11 is 0. The molecule has 0 radical (unpaired) electrons. The molecule has 3 rings (SSSR count). The van der Waals surface area contributed by atoms with Gasteiger partial charge in [0.05, 0.1) is 5.56 Å². The fraction of sp³-hybridized carbons (Fsp3) is 0.190. The van der Waals surface area contributed by atoms with Crippen LogP contribution in [0.3, 0.4) is 0 Å². The van der Waals surface area contributed by atoms with Gasteiger partial charge in [-0.3, -0.25) is 0 Å². The van der Waals surface area contributed by atoms with Crippen molar-refractivity contribution in [2.24, 2.45) is 0 Å². The zero-order valence-electron chi connectivity index (χ0n) is 13.8. The van der Waals surface area contributed by atoms with E-state index in [1.54, 1.807) is 12.1 Å². The molecule has 3 nitrogen and oxygen atoms in total. The Morgan fingerprint density at radius 2 is 1.75 bits per heavy atom. The van der Waals surface area contributed by atoms with Crippen LogP contribution < -0.4 is 0 Å². The molecule has 3 heteroatoms. The Morgan fingerprint density at radius 3 is 2.46 bits per heavy atom. The summed E-state index contributed by atoms with van der Waals surface area (Å²) in [7, 11) is 0. The Labute approximate surface area is 142 Å². The van der Waals surface area contributed by atoms with Gasteiger partial charge in [0.25, 0.3) is 0 Å². The van der Waals surface area contributed by atoms with E-state index in [0.29, 0.717) is 5.56 Å². The van der Waals surface area contributed by atoms with E-state index in [9.17, 15) is 9.90 Å². The highest BCUT2D eigenvalue weighted by Gasteiger charge is 2.10. The molecule has 1 heterocycles. The summed E-state index contributed by atoms with van der Waals surface area (Å²) in [4.78, 5) is 11.4. The van der Waals surface area contributed by atoms with Crippen LogP contribution in [0.25, 0.3) is 11.1 Å². The molecule has 3 aromatic rings. The van der Waals surface area contributed by atoms with Gasteiger partial charge >= 0.3 is 5.97 Å². The molecule has 0 aliphatic carbocycles. The molecule has 0 aliphatic rings. The van der Waals surface area contributed by atoms with Crippen LogP contribution in [-0.4, -0.2) is 15.6 Å². The first-order valence-corrected chi connectivity index (χ1v) is 8.24. The van der Waals surface area contributed by atoms with E-state index in [2.05, 4.69) is 42.0 Å². The maximum absolute atomic E-state index is 11.4. The summed E-state index contributed by atoms with van der Waals surface area (Å²) < 4.78 is 2.27. The molecule has 0 fully saturated rings. The van der Waals surface area contributed by atoms with E-state index in [4.69, 9.17) is 0 Å². The van der Waals surface area contributed by atoms with Crippen molar-refractivity contribution in [3.63, 3.8) is 0 Å². The van der Waals surface area contributed by atoms with Crippen LogP contribution in [0.2, 0.25) is 0 Å². The summed E-state index contributed by atoms with van der Waals surface area (Å²) in [6, 6.07) is 19.5. The molecular formula is C21H21NO2. The standard InChI is InChI=1S/C21H21NO2/c1-2-6-18-7-5-14-22(18)15-16-10-12-17(13-11-16)19-8-3-4-9-20(19)21(23)24/h3-5,7-14H,2,6,15H2,1H3,(H,23,24). The zero-order chi connectivity index (χ0) is 16.9. The molecule has 2 aromatic carbocycles. The van der Waals surface area contributed by atoms with Crippen LogP contribution in [0.5, 0.6) is 0 Å². The van der Waals surface area contributed by atoms with Crippen LogP contribution in [0, 0.1) is 0 Å². The largest absolute Gasteiger partial charge is 0.478 e. The first-order valence-electron chi connectivity index (χ1n) is 8.24. The lowest BCUT2D eigenvalue weighted by molar-refractivity contribution is 0.0697. The van der Waals surface area contributed by atoms with Gasteiger partial charge < -0.3 is 9.67 Å². The monoisotopic (exact) mass is 319 g/mol. The highest BCUT2D eigenvalue weighted by molar-refractivity contribution is 5.95. The topological polar surface area (TPSA) is 42.2 Å². The maximum Gasteiger partial charge on any atom is 0.336 e. The Bertz CT molecular complexity index is 831. The number of hydrogen-bond donors (Lipinski definition) is 1. The summed E-state index contributed by atoms with van der Waals surface area (Å²) in [5, 5.41) is 9.33. The van der Waals surface area contributed by atoms with E-state index in [1.807, 2.05) is 24.3 Å². The van der Waals surface area contributed by atoms with Crippen molar-refractivity contribution < 1.29 is 9.90 Å². The zero-order valence-corrected chi connectivity index (χ0v) is 13.8. The lowest BCUT2D eigenvalue weighted by atomic mass is 9.99. The molecule has 0 amide bonds. The predicted octanol–water partition coefficient (Wildman–Crippen LogP) is 4.85. The van der Waals surface area contributed by atoms with E-state index in [1.165, 1.54) is 11.3 Å². The molecule has 0 aliphatic heterocycles. The Balaban J connectivity index is 1.84. The van der Waals surface area contributed by atoms with Crippen LogP contribution in [0.1, 0.15) is 35.0 Å². The molecule has 122 valence electrons. The number of carbonyl (C=O) groups is 1. The first kappa shape index (κ1) is 16.1. The minimum atomic E-state index is -0.897. The SMILES string of the molecule is CCCc1cccn1Cc1ccc(-c2ccccc2C(=O)O)cc1. The van der Waals surface area contributed by atoms with Gasteiger partial charge in [-0.1, -0.05) is 55.8 Å². The Hall–Kier alpha value is -2.81. The fourth-order valence-electron chi connectivity index (χ4n) is 2.99. The third-order valence-electron chi connectivity index (χ3n) is 4.21. The molecule has 0 spiro atoms. The lowest BCUT2D eigenvalue weighted by Crippen LogP contribution is -2.03. The van der Waals surface area contributed by atoms with Gasteiger partial charge in [0.2, 0.25) is 0 Å². The highest BCUT2D eigenvalue weighted by Crippen LogP contribution is 2.24. The fourth-order valence-corrected chi connectivity index (χ4v) is 2.99. The smallest absolute Gasteiger partial charge is 0.336 e. The van der Waals surface area contributed by atoms with Gasteiger partial charge in [0, 0.05) is 18.4 Å². The molecule has 0 saturated carbocycles. The average Bonchev–Trinajstić information content (AvgIpc) is 3.03. The van der Waals surface area contributed by atoms with Crippen LogP contribution in [-0.2, 0) is 13.0 Å². The molecule has 24 heavy (non-hydrogen) atoms. The second kappa shape index (κ2) is 7.18. The van der Waals surface area contributed by atoms with Crippen molar-refractivity contribution in [1.29, 1.82) is 0 Å². The van der Waals surface area contributed by atoms with Crippen molar-refractivity contribution in [2.45, 2.75) is 26.3 Å². The van der Waals surface area contributed by atoms with E-state index in [-0.39, 0.29) is 0 Å². The second-order valence-corrected chi connectivity index (χ2v) is 5.93. The van der Waals surface area contributed by atoms with Crippen molar-refractivity contribution in [3.05, 3.63) is 83.7 Å². The highest BCUT2D eigenvalue weighted by atomic mass is 16.4. The second-order valence-electron chi connectivity index (χ2n) is 5.93. The minimum absolute atomic E-state index is 0.334. The number of carboxylic acid groups (broad SMARTS) is 1. The van der Waals surface area contributed by atoms with Crippen molar-refractivity contribution in [2.75, 3.05) is 0 Å². The molecular weight excluding hydrogens is 298 g/mol. The number of rotatable bonds is 6. The van der Waals surface area contributed by atoms with Crippen molar-refractivity contribution in [3.8, 4) is 11.1 Å². The third kappa shape index (κ3) is 3.40. The number of aryl methyl sites for hydroxylation is 1. The number of aromatic carboxylic acids is 1. The summed E-state index contributed by atoms with van der Waals surface area (Å²) in [5.74, 6) is -0.897. The Kier molecular flexibility index (Phi) is 4.80. The van der Waals surface area contributed by atoms with Crippen LogP contribution in [0.15, 0.2) is 66.9 Å². The maximum atomic E-state index is 11.4. The number of benzene rings is 2. The number of hydrogen-bond acceptors (Lipinski definition) is 1. The van der Waals surface area contributed by atoms with E-state index >= 15 is 0 Å². The van der Waals surface area contributed by atoms with Crippen molar-refractivity contribution in [1.82, 2.24) is 4.57 Å². The van der Waals surface area contributed by atoms with Gasteiger partial charge in [-0.25, -0.2) is 4.79 Å². The summed E-state index contributed by atoms with van der Waals surface area (Å²) in [6.45, 7) is 3.02. The van der Waals surface area contributed by atoms with Crippen LogP contribution in [0.4, 0.5) is 0 Å². The summed E-state index contributed by atoms with van der Waals surface area (Å²) in [6.07, 6.45) is 4.32. The average molecular weight is 319 g/mol. The molecule has 0 atom stereocenters. The first-order chi connectivity index (χ1) is 11.7. The van der Waals surface area contributed by atoms with Crippen LogP contribution >= 0.6 is 0 Å². The van der Waals surface area contributed by atoms with Gasteiger partial charge in [-0.15, -0.1) is 0 Å². The van der Waals surface area contributed by atoms with E-state index < -0.39 is 5.97 Å². The summed E-state index contributed by atoms with van der Waals surface area (Å²) in [5.41, 5.74) is 4.57. The quantitative estimate of drug-likeness (QED) is 0.705. The lowest BCUT2D eigenvalue weighted by Gasteiger charge is -2.10. The van der Waals surface area contributed by atoms with Gasteiger partial charge in [0.15, 0.2) is 0 Å². The number of nitrogens with zero attached hydrogens (tertiary/aromatic N) is 1. The van der Waals surface area contributed by atoms with Gasteiger partial charge in [-0.05, 0) is 41.3 Å². The number of aromatic nitrogens is 1.